The van der Waals surface area contributed by atoms with Gasteiger partial charge in [0, 0.05) is 18.4 Å². The fourth-order valence-electron chi connectivity index (χ4n) is 1.74. The lowest BCUT2D eigenvalue weighted by molar-refractivity contribution is 0.409. The molecule has 2 aromatic rings. The van der Waals surface area contributed by atoms with E-state index < -0.39 is 0 Å². The van der Waals surface area contributed by atoms with E-state index in [-0.39, 0.29) is 6.04 Å². The average Bonchev–Trinajstić information content (AvgIpc) is 2.51. The predicted octanol–water partition coefficient (Wildman–Crippen LogP) is 3.32. The van der Waals surface area contributed by atoms with Gasteiger partial charge in [0.2, 0.25) is 0 Å². The molecular formula is C15H18BrN3O2. The van der Waals surface area contributed by atoms with Crippen LogP contribution in [0.1, 0.15) is 18.9 Å². The van der Waals surface area contributed by atoms with E-state index in [0.29, 0.717) is 11.8 Å². The van der Waals surface area contributed by atoms with Gasteiger partial charge < -0.3 is 15.2 Å². The molecule has 0 aliphatic carbocycles. The second-order valence-electron chi connectivity index (χ2n) is 4.64. The van der Waals surface area contributed by atoms with Gasteiger partial charge in [-0.15, -0.1) is 0 Å². The normalized spacial score (nSPS) is 12.0. The van der Waals surface area contributed by atoms with Crippen LogP contribution in [0.25, 0.3) is 0 Å². The highest BCUT2D eigenvalue weighted by molar-refractivity contribution is 9.10. The zero-order valence-corrected chi connectivity index (χ0v) is 13.6. The summed E-state index contributed by atoms with van der Waals surface area (Å²) in [5.41, 5.74) is 6.91. The highest BCUT2D eigenvalue weighted by Crippen LogP contribution is 2.31. The minimum absolute atomic E-state index is 0.135. The summed E-state index contributed by atoms with van der Waals surface area (Å²) in [4.78, 5) is 8.41. The van der Waals surface area contributed by atoms with Crippen LogP contribution in [0.2, 0.25) is 0 Å². The van der Waals surface area contributed by atoms with Crippen molar-refractivity contribution in [2.75, 3.05) is 7.11 Å². The largest absolute Gasteiger partial charge is 0.497 e. The highest BCUT2D eigenvalue weighted by Gasteiger charge is 2.07. The molecule has 0 aliphatic heterocycles. The maximum atomic E-state index is 5.91. The van der Waals surface area contributed by atoms with Gasteiger partial charge in [-0.25, -0.2) is 9.97 Å². The summed E-state index contributed by atoms with van der Waals surface area (Å²) in [6.45, 7) is 2.06. The van der Waals surface area contributed by atoms with Gasteiger partial charge in [-0.1, -0.05) is 6.92 Å². The van der Waals surface area contributed by atoms with Crippen molar-refractivity contribution >= 4 is 15.9 Å². The molecule has 0 amide bonds. The minimum Gasteiger partial charge on any atom is -0.497 e. The molecule has 1 aromatic carbocycles. The molecule has 1 heterocycles. The van der Waals surface area contributed by atoms with Crippen molar-refractivity contribution in [3.8, 4) is 17.5 Å². The third-order valence-electron chi connectivity index (χ3n) is 3.04. The number of nitrogens with zero attached hydrogens (tertiary/aromatic N) is 2. The lowest BCUT2D eigenvalue weighted by Gasteiger charge is -2.09. The topological polar surface area (TPSA) is 70.3 Å². The number of ether oxygens (including phenoxy) is 2. The summed E-state index contributed by atoms with van der Waals surface area (Å²) in [6, 6.07) is 5.87. The molecule has 0 saturated heterocycles. The Morgan fingerprint density at radius 3 is 2.57 bits per heavy atom. The molecule has 2 N–H and O–H groups in total. The third kappa shape index (κ3) is 4.41. The Morgan fingerprint density at radius 2 is 2.00 bits per heavy atom. The van der Waals surface area contributed by atoms with Crippen LogP contribution >= 0.6 is 15.9 Å². The van der Waals surface area contributed by atoms with Gasteiger partial charge in [0.1, 0.15) is 11.5 Å². The monoisotopic (exact) mass is 351 g/mol. The lowest BCUT2D eigenvalue weighted by Crippen LogP contribution is -2.21. The Morgan fingerprint density at radius 1 is 1.29 bits per heavy atom. The molecule has 0 radical (unpaired) electrons. The van der Waals surface area contributed by atoms with E-state index in [1.54, 1.807) is 25.6 Å². The highest BCUT2D eigenvalue weighted by atomic mass is 79.9. The number of halogens is 1. The summed E-state index contributed by atoms with van der Waals surface area (Å²) in [5.74, 6) is 1.38. The van der Waals surface area contributed by atoms with Crippen molar-refractivity contribution in [2.45, 2.75) is 25.8 Å². The second kappa shape index (κ2) is 7.38. The summed E-state index contributed by atoms with van der Waals surface area (Å²) < 4.78 is 11.6. The van der Waals surface area contributed by atoms with Gasteiger partial charge in [-0.3, -0.25) is 0 Å². The van der Waals surface area contributed by atoms with E-state index in [1.165, 1.54) is 0 Å². The van der Waals surface area contributed by atoms with Gasteiger partial charge in [0.15, 0.2) is 0 Å². The van der Waals surface area contributed by atoms with E-state index in [1.807, 2.05) is 12.1 Å². The van der Waals surface area contributed by atoms with Crippen LogP contribution in [0.15, 0.2) is 35.1 Å². The quantitative estimate of drug-likeness (QED) is 0.864. The van der Waals surface area contributed by atoms with E-state index >= 15 is 0 Å². The first-order chi connectivity index (χ1) is 10.1. The van der Waals surface area contributed by atoms with E-state index in [9.17, 15) is 0 Å². The molecule has 21 heavy (non-hydrogen) atoms. The van der Waals surface area contributed by atoms with Gasteiger partial charge in [0.25, 0.3) is 0 Å². The summed E-state index contributed by atoms with van der Waals surface area (Å²) >= 11 is 3.42. The maximum absolute atomic E-state index is 5.91. The second-order valence-corrected chi connectivity index (χ2v) is 5.50. The molecule has 1 aromatic heterocycles. The number of hydrogen-bond acceptors (Lipinski definition) is 5. The molecule has 6 heteroatoms. The van der Waals surface area contributed by atoms with Crippen molar-refractivity contribution in [3.63, 3.8) is 0 Å². The van der Waals surface area contributed by atoms with E-state index in [4.69, 9.17) is 15.2 Å². The summed E-state index contributed by atoms with van der Waals surface area (Å²) in [7, 11) is 1.62. The molecular weight excluding hydrogens is 334 g/mol. The van der Waals surface area contributed by atoms with Crippen LogP contribution in [0.5, 0.6) is 17.5 Å². The van der Waals surface area contributed by atoms with Crippen molar-refractivity contribution in [1.29, 1.82) is 0 Å². The van der Waals surface area contributed by atoms with Gasteiger partial charge >= 0.3 is 6.01 Å². The summed E-state index contributed by atoms with van der Waals surface area (Å²) in [5, 5.41) is 0. The van der Waals surface area contributed by atoms with Crippen molar-refractivity contribution < 1.29 is 9.47 Å². The number of rotatable bonds is 6. The van der Waals surface area contributed by atoms with Crippen LogP contribution in [-0.2, 0) is 6.42 Å². The Kier molecular flexibility index (Phi) is 5.52. The molecule has 0 spiro atoms. The smallest absolute Gasteiger partial charge is 0.321 e. The molecule has 1 atom stereocenters. The molecule has 2 rings (SSSR count). The molecule has 0 bridgehead atoms. The molecule has 0 aliphatic rings. The fourth-order valence-corrected chi connectivity index (χ4v) is 2.18. The number of methoxy groups -OCH3 is 1. The first-order valence-corrected chi connectivity index (χ1v) is 7.49. The maximum Gasteiger partial charge on any atom is 0.321 e. The van der Waals surface area contributed by atoms with Crippen LogP contribution in [0.4, 0.5) is 0 Å². The number of aromatic nitrogens is 2. The van der Waals surface area contributed by atoms with E-state index in [2.05, 4.69) is 32.8 Å². The number of hydrogen-bond donors (Lipinski definition) is 1. The average molecular weight is 352 g/mol. The molecule has 5 nitrogen and oxygen atoms in total. The zero-order chi connectivity index (χ0) is 15.2. The Labute approximate surface area is 132 Å². The molecule has 1 unspecified atom stereocenters. The Bertz CT molecular complexity index is 590. The Balaban J connectivity index is 2.06. The molecule has 0 saturated carbocycles. The van der Waals surface area contributed by atoms with Crippen LogP contribution in [-0.4, -0.2) is 23.1 Å². The van der Waals surface area contributed by atoms with Gasteiger partial charge in [-0.2, -0.15) is 0 Å². The number of nitrogens with two attached hydrogens (primary N) is 1. The van der Waals surface area contributed by atoms with E-state index in [0.717, 1.165) is 28.6 Å². The first-order valence-electron chi connectivity index (χ1n) is 6.70. The van der Waals surface area contributed by atoms with Crippen molar-refractivity contribution in [3.05, 3.63) is 40.6 Å². The van der Waals surface area contributed by atoms with Gasteiger partial charge in [0.05, 0.1) is 11.6 Å². The number of benzene rings is 1. The van der Waals surface area contributed by atoms with Crippen molar-refractivity contribution in [1.82, 2.24) is 9.97 Å². The standard InChI is InChI=1S/C15H18BrN3O2/c1-3-11(17)6-10-8-18-15(19-9-10)21-14-5-4-12(20-2)7-13(14)16/h4-5,7-9,11H,3,6,17H2,1-2H3. The fraction of sp³-hybridized carbons (Fsp3) is 0.333. The lowest BCUT2D eigenvalue weighted by atomic mass is 10.1. The molecule has 112 valence electrons. The van der Waals surface area contributed by atoms with Crippen molar-refractivity contribution in [2.24, 2.45) is 5.73 Å². The molecule has 0 fully saturated rings. The minimum atomic E-state index is 0.135. The predicted molar refractivity (Wildman–Crippen MR) is 84.8 cm³/mol. The van der Waals surface area contributed by atoms with Gasteiger partial charge in [-0.05, 0) is 52.5 Å². The third-order valence-corrected chi connectivity index (χ3v) is 3.66. The SMILES string of the molecule is CCC(N)Cc1cnc(Oc2ccc(OC)cc2Br)nc1. The summed E-state index contributed by atoms with van der Waals surface area (Å²) in [6.07, 6.45) is 5.19. The first kappa shape index (κ1) is 15.7. The Hall–Kier alpha value is -1.66. The van der Waals surface area contributed by atoms with Crippen LogP contribution < -0.4 is 15.2 Å². The zero-order valence-electron chi connectivity index (χ0n) is 12.0. The van der Waals surface area contributed by atoms with Crippen LogP contribution in [0.3, 0.4) is 0 Å². The van der Waals surface area contributed by atoms with Crippen LogP contribution in [0, 0.1) is 0 Å².